The maximum atomic E-state index is 13.2. The number of ether oxygens (including phenoxy) is 1. The van der Waals surface area contributed by atoms with Crippen molar-refractivity contribution >= 4 is 5.82 Å². The summed E-state index contributed by atoms with van der Waals surface area (Å²) in [6.45, 7) is 0.0375. The van der Waals surface area contributed by atoms with Gasteiger partial charge in [-0.2, -0.15) is 0 Å². The Kier molecular flexibility index (Phi) is 3.13. The number of rotatable bonds is 3. The molecule has 0 unspecified atom stereocenters. The molecule has 0 atom stereocenters. The largest absolute Gasteiger partial charge is 0.484 e. The predicted molar refractivity (Wildman–Crippen MR) is 57.1 cm³/mol. The van der Waals surface area contributed by atoms with Gasteiger partial charge in [-0.25, -0.2) is 13.8 Å². The molecule has 2 rings (SSSR count). The van der Waals surface area contributed by atoms with E-state index in [1.54, 1.807) is 0 Å². The van der Waals surface area contributed by atoms with E-state index in [2.05, 4.69) is 9.97 Å². The quantitative estimate of drug-likeness (QED) is 0.885. The smallest absolute Gasteiger partial charge is 0.167 e. The van der Waals surface area contributed by atoms with Crippen molar-refractivity contribution in [1.29, 1.82) is 0 Å². The number of aromatic nitrogens is 2. The number of benzene rings is 1. The molecular formula is C11H9F2N3O. The molecule has 0 aliphatic rings. The fraction of sp³-hybridized carbons (Fsp3) is 0.0909. The SMILES string of the molecule is Nc1cnc(COc2ccc(F)cc2F)cn1. The van der Waals surface area contributed by atoms with Crippen molar-refractivity contribution in [1.82, 2.24) is 9.97 Å². The molecule has 88 valence electrons. The van der Waals surface area contributed by atoms with Crippen LogP contribution < -0.4 is 10.5 Å². The Bertz CT molecular complexity index is 517. The Morgan fingerprint density at radius 3 is 2.65 bits per heavy atom. The minimum absolute atomic E-state index is 0.0370. The van der Waals surface area contributed by atoms with Gasteiger partial charge in [0.2, 0.25) is 0 Å². The lowest BCUT2D eigenvalue weighted by Gasteiger charge is -2.06. The zero-order valence-corrected chi connectivity index (χ0v) is 8.73. The number of halogens is 2. The second-order valence-electron chi connectivity index (χ2n) is 3.30. The monoisotopic (exact) mass is 237 g/mol. The van der Waals surface area contributed by atoms with Gasteiger partial charge in [0.25, 0.3) is 0 Å². The van der Waals surface area contributed by atoms with Crippen molar-refractivity contribution < 1.29 is 13.5 Å². The Morgan fingerprint density at radius 1 is 1.18 bits per heavy atom. The van der Waals surface area contributed by atoms with Crippen LogP contribution in [0.15, 0.2) is 30.6 Å². The van der Waals surface area contributed by atoms with Gasteiger partial charge in [-0.3, -0.25) is 4.98 Å². The van der Waals surface area contributed by atoms with Gasteiger partial charge in [0, 0.05) is 6.07 Å². The lowest BCUT2D eigenvalue weighted by Crippen LogP contribution is -2.02. The molecule has 0 fully saturated rings. The van der Waals surface area contributed by atoms with E-state index in [9.17, 15) is 8.78 Å². The van der Waals surface area contributed by atoms with Crippen LogP contribution in [0.3, 0.4) is 0 Å². The molecule has 0 aliphatic heterocycles. The molecule has 0 spiro atoms. The first-order chi connectivity index (χ1) is 8.15. The average molecular weight is 237 g/mol. The van der Waals surface area contributed by atoms with Crippen LogP contribution >= 0.6 is 0 Å². The van der Waals surface area contributed by atoms with E-state index in [0.29, 0.717) is 11.5 Å². The summed E-state index contributed by atoms with van der Waals surface area (Å²) in [7, 11) is 0. The normalized spacial score (nSPS) is 10.2. The first-order valence-electron chi connectivity index (χ1n) is 4.79. The molecule has 6 heteroatoms. The topological polar surface area (TPSA) is 61.0 Å². The molecule has 1 heterocycles. The summed E-state index contributed by atoms with van der Waals surface area (Å²) in [5.74, 6) is -1.15. The lowest BCUT2D eigenvalue weighted by atomic mass is 10.3. The van der Waals surface area contributed by atoms with Crippen molar-refractivity contribution in [3.05, 3.63) is 47.9 Å². The summed E-state index contributed by atoms with van der Waals surface area (Å²) in [6.07, 6.45) is 2.80. The van der Waals surface area contributed by atoms with Crippen molar-refractivity contribution in [2.75, 3.05) is 5.73 Å². The molecule has 2 aromatic rings. The maximum absolute atomic E-state index is 13.2. The van der Waals surface area contributed by atoms with Crippen molar-refractivity contribution in [3.8, 4) is 5.75 Å². The molecule has 1 aromatic carbocycles. The highest BCUT2D eigenvalue weighted by molar-refractivity contribution is 5.25. The number of hydrogen-bond donors (Lipinski definition) is 1. The minimum atomic E-state index is -0.756. The molecule has 0 amide bonds. The van der Waals surface area contributed by atoms with E-state index in [-0.39, 0.29) is 12.4 Å². The average Bonchev–Trinajstić information content (AvgIpc) is 2.30. The number of hydrogen-bond acceptors (Lipinski definition) is 4. The lowest BCUT2D eigenvalue weighted by molar-refractivity contribution is 0.284. The van der Waals surface area contributed by atoms with E-state index in [0.717, 1.165) is 12.1 Å². The van der Waals surface area contributed by atoms with Crippen LogP contribution in [-0.2, 0) is 6.61 Å². The van der Waals surface area contributed by atoms with E-state index in [4.69, 9.17) is 10.5 Å². The fourth-order valence-corrected chi connectivity index (χ4v) is 1.18. The van der Waals surface area contributed by atoms with E-state index in [1.807, 2.05) is 0 Å². The summed E-state index contributed by atoms with van der Waals surface area (Å²) in [5, 5.41) is 0. The molecule has 1 aromatic heterocycles. The van der Waals surface area contributed by atoms with E-state index in [1.165, 1.54) is 18.5 Å². The molecule has 17 heavy (non-hydrogen) atoms. The molecular weight excluding hydrogens is 228 g/mol. The molecule has 2 N–H and O–H groups in total. The van der Waals surface area contributed by atoms with Gasteiger partial charge >= 0.3 is 0 Å². The maximum Gasteiger partial charge on any atom is 0.167 e. The Morgan fingerprint density at radius 2 is 2.00 bits per heavy atom. The highest BCUT2D eigenvalue weighted by atomic mass is 19.1. The van der Waals surface area contributed by atoms with Gasteiger partial charge in [-0.15, -0.1) is 0 Å². The third kappa shape index (κ3) is 2.87. The van der Waals surface area contributed by atoms with Gasteiger partial charge in [0.15, 0.2) is 11.6 Å². The second-order valence-corrected chi connectivity index (χ2v) is 3.30. The fourth-order valence-electron chi connectivity index (χ4n) is 1.18. The third-order valence-electron chi connectivity index (χ3n) is 1.99. The van der Waals surface area contributed by atoms with Crippen LogP contribution in [-0.4, -0.2) is 9.97 Å². The standard InChI is InChI=1S/C11H9F2N3O/c12-7-1-2-10(9(13)3-7)17-6-8-4-16-11(14)5-15-8/h1-5H,6H2,(H2,14,16). The molecule has 0 saturated heterocycles. The van der Waals surface area contributed by atoms with E-state index >= 15 is 0 Å². The second kappa shape index (κ2) is 4.73. The number of anilines is 1. The predicted octanol–water partition coefficient (Wildman–Crippen LogP) is 1.92. The molecule has 4 nitrogen and oxygen atoms in total. The van der Waals surface area contributed by atoms with Crippen LogP contribution in [0.4, 0.5) is 14.6 Å². The molecule has 0 saturated carbocycles. The van der Waals surface area contributed by atoms with E-state index < -0.39 is 11.6 Å². The Labute approximate surface area is 96.1 Å². The van der Waals surface area contributed by atoms with Crippen LogP contribution in [0, 0.1) is 11.6 Å². The van der Waals surface area contributed by atoms with Gasteiger partial charge in [0.05, 0.1) is 18.1 Å². The highest BCUT2D eigenvalue weighted by Crippen LogP contribution is 2.18. The zero-order chi connectivity index (χ0) is 12.3. The summed E-state index contributed by atoms with van der Waals surface area (Å²) < 4.78 is 31.0. The van der Waals surface area contributed by atoms with Crippen LogP contribution in [0.5, 0.6) is 5.75 Å². The van der Waals surface area contributed by atoms with Gasteiger partial charge in [-0.1, -0.05) is 0 Å². The third-order valence-corrected chi connectivity index (χ3v) is 1.99. The Balaban J connectivity index is 2.04. The number of nitrogen functional groups attached to an aromatic ring is 1. The molecule has 0 radical (unpaired) electrons. The first kappa shape index (κ1) is 11.3. The summed E-state index contributed by atoms with van der Waals surface area (Å²) >= 11 is 0. The van der Waals surface area contributed by atoms with Crippen LogP contribution in [0.1, 0.15) is 5.69 Å². The number of nitrogens with two attached hydrogens (primary N) is 1. The summed E-state index contributed by atoms with van der Waals surface area (Å²) in [5.41, 5.74) is 5.86. The Hall–Kier alpha value is -2.24. The molecule has 0 bridgehead atoms. The van der Waals surface area contributed by atoms with Gasteiger partial charge < -0.3 is 10.5 Å². The minimum Gasteiger partial charge on any atom is -0.484 e. The van der Waals surface area contributed by atoms with Crippen LogP contribution in [0.25, 0.3) is 0 Å². The zero-order valence-electron chi connectivity index (χ0n) is 8.73. The van der Waals surface area contributed by atoms with Crippen molar-refractivity contribution in [3.63, 3.8) is 0 Å². The van der Waals surface area contributed by atoms with Crippen LogP contribution in [0.2, 0.25) is 0 Å². The first-order valence-corrected chi connectivity index (χ1v) is 4.79. The van der Waals surface area contributed by atoms with Gasteiger partial charge in [-0.05, 0) is 12.1 Å². The summed E-state index contributed by atoms with van der Waals surface area (Å²) in [4.78, 5) is 7.74. The van der Waals surface area contributed by atoms with Crippen molar-refractivity contribution in [2.24, 2.45) is 0 Å². The highest BCUT2D eigenvalue weighted by Gasteiger charge is 2.05. The summed E-state index contributed by atoms with van der Waals surface area (Å²) in [6, 6.07) is 3.09. The number of nitrogens with zero attached hydrogens (tertiary/aromatic N) is 2. The van der Waals surface area contributed by atoms with Crippen molar-refractivity contribution in [2.45, 2.75) is 6.61 Å². The van der Waals surface area contributed by atoms with Gasteiger partial charge in [0.1, 0.15) is 18.2 Å². The molecule has 0 aliphatic carbocycles.